The summed E-state index contributed by atoms with van der Waals surface area (Å²) in [4.78, 5) is 14.3. The molecule has 0 saturated heterocycles. The molecule has 0 spiro atoms. The van der Waals surface area contributed by atoms with Crippen LogP contribution in [0.2, 0.25) is 0 Å². The fourth-order valence-electron chi connectivity index (χ4n) is 4.27. The van der Waals surface area contributed by atoms with E-state index in [-0.39, 0.29) is 18.0 Å². The fourth-order valence-corrected chi connectivity index (χ4v) is 4.27. The van der Waals surface area contributed by atoms with Crippen LogP contribution in [-0.2, 0) is 6.42 Å². The zero-order chi connectivity index (χ0) is 21.0. The van der Waals surface area contributed by atoms with Gasteiger partial charge in [-0.1, -0.05) is 6.07 Å². The summed E-state index contributed by atoms with van der Waals surface area (Å²) in [7, 11) is 4.91. The van der Waals surface area contributed by atoms with E-state index in [1.807, 2.05) is 12.1 Å². The van der Waals surface area contributed by atoms with Gasteiger partial charge in [-0.25, -0.2) is 0 Å². The summed E-state index contributed by atoms with van der Waals surface area (Å²) in [6, 6.07) is 11.5. The summed E-state index contributed by atoms with van der Waals surface area (Å²) in [6.07, 6.45) is 0.978. The number of quaternary nitrogens is 1. The van der Waals surface area contributed by atoms with Crippen molar-refractivity contribution in [3.05, 3.63) is 53.1 Å². The molecule has 1 heterocycles. The number of hydrogen-bond acceptors (Lipinski definition) is 4. The smallest absolute Gasteiger partial charge is 0.251 e. The number of ether oxygens (including phenoxy) is 3. The van der Waals surface area contributed by atoms with Gasteiger partial charge in [0.15, 0.2) is 11.5 Å². The Hall–Kier alpha value is -2.73. The third-order valence-electron chi connectivity index (χ3n) is 5.78. The van der Waals surface area contributed by atoms with Crippen molar-refractivity contribution in [3.63, 3.8) is 0 Å². The third kappa shape index (κ3) is 4.32. The predicted octanol–water partition coefficient (Wildman–Crippen LogP) is 2.03. The van der Waals surface area contributed by atoms with Crippen LogP contribution in [0.15, 0.2) is 36.4 Å². The van der Waals surface area contributed by atoms with Gasteiger partial charge in [-0.2, -0.15) is 0 Å². The summed E-state index contributed by atoms with van der Waals surface area (Å²) in [5, 5.41) is 3.20. The van der Waals surface area contributed by atoms with Crippen LogP contribution in [0.5, 0.6) is 17.2 Å². The molecule has 3 atom stereocenters. The summed E-state index contributed by atoms with van der Waals surface area (Å²) in [5.41, 5.74) is 3.06. The molecule has 0 aromatic heterocycles. The maximum Gasteiger partial charge on any atom is 0.251 e. The Morgan fingerprint density at radius 3 is 2.52 bits per heavy atom. The lowest BCUT2D eigenvalue weighted by Gasteiger charge is -2.37. The van der Waals surface area contributed by atoms with Gasteiger partial charge in [-0.05, 0) is 49.7 Å². The predicted molar refractivity (Wildman–Crippen MR) is 112 cm³/mol. The monoisotopic (exact) mass is 399 g/mol. The Labute approximate surface area is 172 Å². The van der Waals surface area contributed by atoms with Gasteiger partial charge in [0.25, 0.3) is 5.91 Å². The van der Waals surface area contributed by atoms with Crippen molar-refractivity contribution in [1.82, 2.24) is 5.32 Å². The van der Waals surface area contributed by atoms with Crippen molar-refractivity contribution in [2.75, 3.05) is 34.4 Å². The molecule has 0 saturated carbocycles. The van der Waals surface area contributed by atoms with Crippen molar-refractivity contribution < 1.29 is 23.9 Å². The van der Waals surface area contributed by atoms with Crippen molar-refractivity contribution >= 4 is 5.91 Å². The summed E-state index contributed by atoms with van der Waals surface area (Å²) >= 11 is 0. The number of benzene rings is 2. The van der Waals surface area contributed by atoms with Gasteiger partial charge in [-0.15, -0.1) is 0 Å². The Kier molecular flexibility index (Phi) is 6.64. The first-order valence-corrected chi connectivity index (χ1v) is 10.1. The van der Waals surface area contributed by atoms with Crippen LogP contribution in [0.1, 0.15) is 41.4 Å². The molecule has 6 heteroatoms. The van der Waals surface area contributed by atoms with Gasteiger partial charge in [0.2, 0.25) is 0 Å². The number of methoxy groups -OCH3 is 3. The van der Waals surface area contributed by atoms with Crippen molar-refractivity contribution in [1.29, 1.82) is 0 Å². The first kappa shape index (κ1) is 21.0. The maximum atomic E-state index is 12.9. The SMILES string of the molecule is CC[NH+]1CCc2cc(OC)c(OC)cc2[C@H]1[C@@H](C)NC(=O)c1cccc(OC)c1. The molecule has 3 rings (SSSR count). The summed E-state index contributed by atoms with van der Waals surface area (Å²) in [6.45, 7) is 6.26. The largest absolute Gasteiger partial charge is 0.497 e. The fraction of sp³-hybridized carbons (Fsp3) is 0.435. The van der Waals surface area contributed by atoms with Gasteiger partial charge >= 0.3 is 0 Å². The Bertz CT molecular complexity index is 868. The number of carbonyl (C=O) groups is 1. The molecule has 1 aliphatic heterocycles. The molecule has 1 unspecified atom stereocenters. The second-order valence-electron chi connectivity index (χ2n) is 7.39. The number of rotatable bonds is 7. The van der Waals surface area contributed by atoms with Crippen LogP contribution in [0, 0.1) is 0 Å². The van der Waals surface area contributed by atoms with E-state index in [4.69, 9.17) is 14.2 Å². The molecule has 2 N–H and O–H groups in total. The van der Waals surface area contributed by atoms with Crippen LogP contribution >= 0.6 is 0 Å². The minimum Gasteiger partial charge on any atom is -0.497 e. The number of likely N-dealkylation sites (N-methyl/N-ethyl adjacent to an activating group) is 1. The molecule has 29 heavy (non-hydrogen) atoms. The second kappa shape index (κ2) is 9.18. The van der Waals surface area contributed by atoms with Gasteiger partial charge in [0.05, 0.1) is 40.5 Å². The van der Waals surface area contributed by atoms with Gasteiger partial charge in [0.1, 0.15) is 11.8 Å². The lowest BCUT2D eigenvalue weighted by molar-refractivity contribution is -0.933. The van der Waals surface area contributed by atoms with Crippen molar-refractivity contribution in [2.45, 2.75) is 32.4 Å². The van der Waals surface area contributed by atoms with E-state index in [1.165, 1.54) is 16.0 Å². The number of fused-ring (bicyclic) bond motifs is 1. The standard InChI is InChI=1S/C23H30N2O4/c1-6-25-11-10-16-13-20(28-4)21(29-5)14-19(16)22(25)15(2)24-23(26)17-8-7-9-18(12-17)27-3/h7-9,12-15,22H,6,10-11H2,1-5H3,(H,24,26)/p+1/t15-,22-/m1/s1. The maximum absolute atomic E-state index is 12.9. The zero-order valence-corrected chi connectivity index (χ0v) is 17.9. The first-order chi connectivity index (χ1) is 14.0. The Morgan fingerprint density at radius 2 is 1.86 bits per heavy atom. The molecule has 0 radical (unpaired) electrons. The molecule has 1 amide bonds. The summed E-state index contributed by atoms with van der Waals surface area (Å²) < 4.78 is 16.3. The molecule has 1 aliphatic rings. The summed E-state index contributed by atoms with van der Waals surface area (Å²) in [5.74, 6) is 2.04. The van der Waals surface area contributed by atoms with E-state index in [1.54, 1.807) is 33.5 Å². The third-order valence-corrected chi connectivity index (χ3v) is 5.78. The number of hydrogen-bond donors (Lipinski definition) is 2. The second-order valence-corrected chi connectivity index (χ2v) is 7.39. The number of nitrogens with one attached hydrogen (secondary N) is 2. The average Bonchev–Trinajstić information content (AvgIpc) is 2.76. The van der Waals surface area contributed by atoms with Crippen LogP contribution in [0.25, 0.3) is 0 Å². The van der Waals surface area contributed by atoms with Crippen LogP contribution in [0.4, 0.5) is 0 Å². The van der Waals surface area contributed by atoms with Gasteiger partial charge < -0.3 is 24.4 Å². The van der Waals surface area contributed by atoms with Crippen molar-refractivity contribution in [2.24, 2.45) is 0 Å². The van der Waals surface area contributed by atoms with Crippen LogP contribution < -0.4 is 24.4 Å². The molecule has 0 fully saturated rings. The minimum atomic E-state index is -0.0977. The molecule has 156 valence electrons. The van der Waals surface area contributed by atoms with Gasteiger partial charge in [-0.3, -0.25) is 4.79 Å². The lowest BCUT2D eigenvalue weighted by Crippen LogP contribution is -3.14. The number of carbonyl (C=O) groups excluding carboxylic acids is 1. The van der Waals surface area contributed by atoms with Crippen molar-refractivity contribution in [3.8, 4) is 17.2 Å². The minimum absolute atomic E-state index is 0.0548. The normalized spacial score (nSPS) is 19.1. The highest BCUT2D eigenvalue weighted by Gasteiger charge is 2.36. The van der Waals surface area contributed by atoms with E-state index in [9.17, 15) is 4.79 Å². The molecular formula is C23H31N2O4+. The molecule has 6 nitrogen and oxygen atoms in total. The molecule has 2 aromatic carbocycles. The van der Waals surface area contributed by atoms with Crippen LogP contribution in [-0.4, -0.2) is 46.4 Å². The van der Waals surface area contributed by atoms with E-state index in [0.29, 0.717) is 11.3 Å². The molecule has 0 aliphatic carbocycles. The molecular weight excluding hydrogens is 368 g/mol. The highest BCUT2D eigenvalue weighted by Crippen LogP contribution is 2.35. The first-order valence-electron chi connectivity index (χ1n) is 10.1. The Morgan fingerprint density at radius 1 is 1.14 bits per heavy atom. The molecule has 0 bridgehead atoms. The number of amides is 1. The van der Waals surface area contributed by atoms with E-state index >= 15 is 0 Å². The average molecular weight is 400 g/mol. The molecule has 2 aromatic rings. The van der Waals surface area contributed by atoms with E-state index in [2.05, 4.69) is 31.3 Å². The highest BCUT2D eigenvalue weighted by molar-refractivity contribution is 5.94. The topological polar surface area (TPSA) is 61.2 Å². The quantitative estimate of drug-likeness (QED) is 0.748. The lowest BCUT2D eigenvalue weighted by atomic mass is 9.88. The Balaban J connectivity index is 1.90. The zero-order valence-electron chi connectivity index (χ0n) is 17.9. The van der Waals surface area contributed by atoms with E-state index < -0.39 is 0 Å². The van der Waals surface area contributed by atoms with Crippen LogP contribution in [0.3, 0.4) is 0 Å². The van der Waals surface area contributed by atoms with E-state index in [0.717, 1.165) is 31.0 Å². The van der Waals surface area contributed by atoms with Gasteiger partial charge in [0, 0.05) is 17.5 Å². The highest BCUT2D eigenvalue weighted by atomic mass is 16.5.